The third-order valence-electron chi connectivity index (χ3n) is 1.38. The first kappa shape index (κ1) is 5.35. The summed E-state index contributed by atoms with van der Waals surface area (Å²) in [5.41, 5.74) is 1.02. The van der Waals surface area contributed by atoms with Gasteiger partial charge in [-0.15, -0.1) is 0 Å². The second-order valence-corrected chi connectivity index (χ2v) is 2.06. The van der Waals surface area contributed by atoms with Crippen LogP contribution in [0.3, 0.4) is 0 Å². The topological polar surface area (TPSA) is 21.3 Å². The molecule has 50 valence electrons. The minimum atomic E-state index is 0.880. The minimum absolute atomic E-state index is 0.880. The molecule has 1 N–H and O–H groups in total. The van der Waals surface area contributed by atoms with Crippen molar-refractivity contribution in [1.82, 2.24) is 5.32 Å². The van der Waals surface area contributed by atoms with E-state index in [9.17, 15) is 0 Å². The van der Waals surface area contributed by atoms with Crippen LogP contribution in [0.1, 0.15) is 0 Å². The second kappa shape index (κ2) is 2.06. The van der Waals surface area contributed by atoms with Gasteiger partial charge in [-0.3, -0.25) is 0 Å². The van der Waals surface area contributed by atoms with Gasteiger partial charge >= 0.3 is 0 Å². The van der Waals surface area contributed by atoms with Crippen molar-refractivity contribution >= 4 is 0 Å². The molecule has 2 aliphatic rings. The van der Waals surface area contributed by atoms with Crippen molar-refractivity contribution in [2.45, 2.75) is 0 Å². The first-order valence-corrected chi connectivity index (χ1v) is 3.14. The van der Waals surface area contributed by atoms with Crippen LogP contribution in [0.2, 0.25) is 0 Å². The van der Waals surface area contributed by atoms with E-state index in [1.807, 2.05) is 30.5 Å². The molecule has 10 heavy (non-hydrogen) atoms. The fourth-order valence-electron chi connectivity index (χ4n) is 0.915. The number of hydrogen-bond donors (Lipinski definition) is 1. The Morgan fingerprint density at radius 2 is 2.20 bits per heavy atom. The number of fused-ring (bicyclic) bond motifs is 1. The standard InChI is InChI=1S/C8H7NO/c1-4-8-7(9-5-1)3-2-6-10-8/h1-6,9H. The minimum Gasteiger partial charge on any atom is -0.463 e. The average molecular weight is 133 g/mol. The number of rotatable bonds is 0. The van der Waals surface area contributed by atoms with E-state index in [4.69, 9.17) is 4.74 Å². The van der Waals surface area contributed by atoms with E-state index in [2.05, 4.69) is 5.32 Å². The maximum absolute atomic E-state index is 5.18. The molecule has 2 rings (SSSR count). The summed E-state index contributed by atoms with van der Waals surface area (Å²) in [6, 6.07) is 0. The van der Waals surface area contributed by atoms with Crippen LogP contribution in [0.4, 0.5) is 0 Å². The summed E-state index contributed by atoms with van der Waals surface area (Å²) in [6.07, 6.45) is 11.2. The number of allylic oxidation sites excluding steroid dienone is 4. The zero-order valence-corrected chi connectivity index (χ0v) is 5.37. The van der Waals surface area contributed by atoms with Crippen molar-refractivity contribution in [2.24, 2.45) is 0 Å². The summed E-state index contributed by atoms with van der Waals surface area (Å²) < 4.78 is 5.18. The third-order valence-corrected chi connectivity index (χ3v) is 1.38. The van der Waals surface area contributed by atoms with Crippen molar-refractivity contribution in [3.63, 3.8) is 0 Å². The van der Waals surface area contributed by atoms with E-state index in [1.165, 1.54) is 0 Å². The summed E-state index contributed by atoms with van der Waals surface area (Å²) in [5.74, 6) is 0.880. The molecule has 0 fully saturated rings. The molecule has 0 aromatic rings. The monoisotopic (exact) mass is 133 g/mol. The van der Waals surface area contributed by atoms with Crippen molar-refractivity contribution in [3.8, 4) is 0 Å². The number of dihydropyridines is 1. The van der Waals surface area contributed by atoms with Gasteiger partial charge in [0.05, 0.1) is 12.0 Å². The fraction of sp³-hybridized carbons (Fsp3) is 0. The lowest BCUT2D eigenvalue weighted by atomic mass is 10.2. The number of ether oxygens (including phenoxy) is 1. The van der Waals surface area contributed by atoms with E-state index in [0.717, 1.165) is 11.5 Å². The quantitative estimate of drug-likeness (QED) is 0.539. The van der Waals surface area contributed by atoms with E-state index < -0.39 is 0 Å². The molecule has 0 aromatic carbocycles. The van der Waals surface area contributed by atoms with E-state index >= 15 is 0 Å². The van der Waals surface area contributed by atoms with Gasteiger partial charge in [0.1, 0.15) is 5.76 Å². The van der Waals surface area contributed by atoms with Gasteiger partial charge < -0.3 is 10.1 Å². The predicted octanol–water partition coefficient (Wildman–Crippen LogP) is 1.41. The highest BCUT2D eigenvalue weighted by molar-refractivity contribution is 5.37. The molecule has 0 spiro atoms. The van der Waals surface area contributed by atoms with Crippen LogP contribution in [0.5, 0.6) is 0 Å². The zero-order valence-electron chi connectivity index (χ0n) is 5.37. The van der Waals surface area contributed by atoms with Gasteiger partial charge in [-0.05, 0) is 24.3 Å². The Morgan fingerprint density at radius 1 is 1.20 bits per heavy atom. The third kappa shape index (κ3) is 0.739. The Hall–Kier alpha value is -1.44. The molecule has 0 amide bonds. The molecule has 0 bridgehead atoms. The van der Waals surface area contributed by atoms with Crippen LogP contribution < -0.4 is 5.32 Å². The summed E-state index contributed by atoms with van der Waals surface area (Å²) >= 11 is 0. The highest BCUT2D eigenvalue weighted by atomic mass is 16.5. The predicted molar refractivity (Wildman–Crippen MR) is 38.7 cm³/mol. The first-order valence-electron chi connectivity index (χ1n) is 3.14. The second-order valence-electron chi connectivity index (χ2n) is 2.06. The lowest BCUT2D eigenvalue weighted by Gasteiger charge is -2.15. The Kier molecular flexibility index (Phi) is 1.10. The van der Waals surface area contributed by atoms with Crippen LogP contribution in [-0.4, -0.2) is 0 Å². The normalized spacial score (nSPS) is 20.0. The van der Waals surface area contributed by atoms with E-state index in [-0.39, 0.29) is 0 Å². The van der Waals surface area contributed by atoms with Crippen LogP contribution in [-0.2, 0) is 4.74 Å². The van der Waals surface area contributed by atoms with Gasteiger partial charge in [0, 0.05) is 6.20 Å². The highest BCUT2D eigenvalue weighted by Gasteiger charge is 2.07. The molecule has 2 heteroatoms. The average Bonchev–Trinajstić information content (AvgIpc) is 2.05. The molecule has 0 saturated heterocycles. The molecule has 0 radical (unpaired) electrons. The van der Waals surface area contributed by atoms with E-state index in [1.54, 1.807) is 6.26 Å². The van der Waals surface area contributed by atoms with Crippen LogP contribution in [0.25, 0.3) is 0 Å². The molecule has 0 atom stereocenters. The summed E-state index contributed by atoms with van der Waals surface area (Å²) in [6.45, 7) is 0. The maximum atomic E-state index is 5.18. The summed E-state index contributed by atoms with van der Waals surface area (Å²) in [7, 11) is 0. The molecule has 2 heterocycles. The lowest BCUT2D eigenvalue weighted by Crippen LogP contribution is -2.12. The van der Waals surface area contributed by atoms with Crippen molar-refractivity contribution in [1.29, 1.82) is 0 Å². The Bertz CT molecular complexity index is 230. The molecule has 2 aliphatic heterocycles. The molecule has 0 unspecified atom stereocenters. The Labute approximate surface area is 59.2 Å². The van der Waals surface area contributed by atoms with Crippen molar-refractivity contribution < 1.29 is 4.74 Å². The summed E-state index contributed by atoms with van der Waals surface area (Å²) in [5, 5.41) is 3.06. The van der Waals surface area contributed by atoms with Crippen LogP contribution in [0.15, 0.2) is 48.2 Å². The van der Waals surface area contributed by atoms with Crippen molar-refractivity contribution in [3.05, 3.63) is 48.2 Å². The Balaban J connectivity index is 2.38. The molecule has 0 aliphatic carbocycles. The van der Waals surface area contributed by atoms with Crippen LogP contribution >= 0.6 is 0 Å². The number of nitrogens with one attached hydrogen (secondary N) is 1. The smallest absolute Gasteiger partial charge is 0.149 e. The molecular formula is C8H7NO. The van der Waals surface area contributed by atoms with Gasteiger partial charge in [-0.25, -0.2) is 0 Å². The molecule has 0 saturated carbocycles. The molecule has 0 aromatic heterocycles. The summed E-state index contributed by atoms with van der Waals surface area (Å²) in [4.78, 5) is 0. The van der Waals surface area contributed by atoms with Crippen molar-refractivity contribution in [2.75, 3.05) is 0 Å². The van der Waals surface area contributed by atoms with Gasteiger partial charge in [-0.2, -0.15) is 0 Å². The SMILES string of the molecule is C1=CNC2=CC=COC2=C1. The molecule has 2 nitrogen and oxygen atoms in total. The van der Waals surface area contributed by atoms with Crippen LogP contribution in [0, 0.1) is 0 Å². The fourth-order valence-corrected chi connectivity index (χ4v) is 0.915. The van der Waals surface area contributed by atoms with Gasteiger partial charge in [0.25, 0.3) is 0 Å². The first-order chi connectivity index (χ1) is 4.97. The highest BCUT2D eigenvalue weighted by Crippen LogP contribution is 2.16. The van der Waals surface area contributed by atoms with E-state index in [0.29, 0.717) is 0 Å². The van der Waals surface area contributed by atoms with Gasteiger partial charge in [0.2, 0.25) is 0 Å². The maximum Gasteiger partial charge on any atom is 0.149 e. The largest absolute Gasteiger partial charge is 0.463 e. The zero-order chi connectivity index (χ0) is 6.81. The lowest BCUT2D eigenvalue weighted by molar-refractivity contribution is 0.351. The number of hydrogen-bond acceptors (Lipinski definition) is 2. The molecular weight excluding hydrogens is 126 g/mol. The van der Waals surface area contributed by atoms with Gasteiger partial charge in [-0.1, -0.05) is 0 Å². The Morgan fingerprint density at radius 3 is 3.10 bits per heavy atom. The van der Waals surface area contributed by atoms with Gasteiger partial charge in [0.15, 0.2) is 0 Å².